The summed E-state index contributed by atoms with van der Waals surface area (Å²) in [5, 5.41) is 2.59. The topological polar surface area (TPSA) is 75.4 Å². The van der Waals surface area contributed by atoms with Crippen molar-refractivity contribution in [3.63, 3.8) is 0 Å². The first-order valence-corrected chi connectivity index (χ1v) is 9.95. The first kappa shape index (κ1) is 21.1. The molecular formula is C22H21F4N3O2. The Morgan fingerprint density at radius 3 is 2.42 bits per heavy atom. The number of carbonyl (C=O) groups is 2. The molecule has 9 heteroatoms. The van der Waals surface area contributed by atoms with Gasteiger partial charge >= 0.3 is 6.03 Å². The fourth-order valence-electron chi connectivity index (χ4n) is 4.47. The summed E-state index contributed by atoms with van der Waals surface area (Å²) in [6.07, 6.45) is 1.47. The minimum atomic E-state index is -0.864. The highest BCUT2D eigenvalue weighted by Crippen LogP contribution is 2.44. The molecule has 2 aromatic rings. The van der Waals surface area contributed by atoms with Crippen molar-refractivity contribution in [1.82, 2.24) is 10.2 Å². The van der Waals surface area contributed by atoms with Crippen molar-refractivity contribution in [2.75, 3.05) is 18.8 Å². The number of likely N-dealkylation sites (tertiary alicyclic amines) is 1. The number of amides is 2. The fraction of sp³-hybridized carbons (Fsp3) is 0.364. The average Bonchev–Trinajstić information content (AvgIpc) is 2.71. The predicted octanol–water partition coefficient (Wildman–Crippen LogP) is 3.95. The molecule has 1 aliphatic carbocycles. The molecule has 1 aliphatic heterocycles. The molecule has 2 aliphatic rings. The lowest BCUT2D eigenvalue weighted by Crippen LogP contribution is -2.49. The van der Waals surface area contributed by atoms with Crippen LogP contribution in [0.5, 0.6) is 0 Å². The summed E-state index contributed by atoms with van der Waals surface area (Å²) in [5.74, 6) is -3.45. The van der Waals surface area contributed by atoms with E-state index >= 15 is 0 Å². The summed E-state index contributed by atoms with van der Waals surface area (Å²) in [4.78, 5) is 26.5. The molecule has 0 saturated carbocycles. The highest BCUT2D eigenvalue weighted by Gasteiger charge is 2.42. The van der Waals surface area contributed by atoms with Crippen molar-refractivity contribution in [1.29, 1.82) is 0 Å². The molecule has 3 N–H and O–H groups in total. The number of nitrogens with zero attached hydrogens (tertiary/aromatic N) is 1. The number of fused-ring (bicyclic) bond motifs is 1. The number of benzene rings is 2. The number of urea groups is 1. The number of nitrogen functional groups attached to an aromatic ring is 1. The van der Waals surface area contributed by atoms with Gasteiger partial charge in [0.15, 0.2) is 5.78 Å². The van der Waals surface area contributed by atoms with Gasteiger partial charge in [-0.25, -0.2) is 22.4 Å². The fourth-order valence-corrected chi connectivity index (χ4v) is 4.47. The number of ketones is 1. The molecule has 0 unspecified atom stereocenters. The van der Waals surface area contributed by atoms with Crippen LogP contribution in [0.25, 0.3) is 0 Å². The Morgan fingerprint density at radius 1 is 1.00 bits per heavy atom. The molecule has 1 heterocycles. The second kappa shape index (κ2) is 7.86. The summed E-state index contributed by atoms with van der Waals surface area (Å²) in [5.41, 5.74) is 5.16. The SMILES string of the molecule is Nc1cc(CNC(=O)N2CCC3(CC2)CC(=O)c2cc(F)cc(F)c2C3)c(F)cc1F. The first-order valence-electron chi connectivity index (χ1n) is 9.95. The van der Waals surface area contributed by atoms with Crippen LogP contribution in [0.3, 0.4) is 0 Å². The van der Waals surface area contributed by atoms with Gasteiger partial charge in [0.2, 0.25) is 0 Å². The zero-order chi connectivity index (χ0) is 22.3. The van der Waals surface area contributed by atoms with Gasteiger partial charge in [-0.3, -0.25) is 4.79 Å². The molecule has 5 nitrogen and oxygen atoms in total. The van der Waals surface area contributed by atoms with E-state index in [1.807, 2.05) is 0 Å². The van der Waals surface area contributed by atoms with Crippen LogP contribution in [-0.2, 0) is 13.0 Å². The van der Waals surface area contributed by atoms with Crippen molar-refractivity contribution >= 4 is 17.5 Å². The highest BCUT2D eigenvalue weighted by molar-refractivity contribution is 5.99. The molecule has 2 aromatic carbocycles. The van der Waals surface area contributed by atoms with E-state index in [-0.39, 0.29) is 41.1 Å². The summed E-state index contributed by atoms with van der Waals surface area (Å²) >= 11 is 0. The Balaban J connectivity index is 1.39. The van der Waals surface area contributed by atoms with Gasteiger partial charge in [-0.1, -0.05) is 0 Å². The van der Waals surface area contributed by atoms with Crippen molar-refractivity contribution in [2.24, 2.45) is 5.41 Å². The van der Waals surface area contributed by atoms with Gasteiger partial charge in [0.1, 0.15) is 23.3 Å². The van der Waals surface area contributed by atoms with E-state index in [9.17, 15) is 27.2 Å². The largest absolute Gasteiger partial charge is 0.396 e. The van der Waals surface area contributed by atoms with Crippen molar-refractivity contribution in [3.8, 4) is 0 Å². The number of anilines is 1. The number of rotatable bonds is 2. The highest BCUT2D eigenvalue weighted by atomic mass is 19.1. The Labute approximate surface area is 176 Å². The average molecular weight is 435 g/mol. The molecule has 1 saturated heterocycles. The Kier molecular flexibility index (Phi) is 5.36. The lowest BCUT2D eigenvalue weighted by atomic mass is 9.66. The molecule has 164 valence electrons. The molecular weight excluding hydrogens is 414 g/mol. The molecule has 0 aromatic heterocycles. The zero-order valence-corrected chi connectivity index (χ0v) is 16.6. The van der Waals surface area contributed by atoms with Gasteiger partial charge in [-0.15, -0.1) is 0 Å². The number of halogens is 4. The molecule has 0 atom stereocenters. The smallest absolute Gasteiger partial charge is 0.317 e. The number of Topliss-reactive ketones (excluding diaryl/α,β-unsaturated/α-hetero) is 1. The zero-order valence-electron chi connectivity index (χ0n) is 16.6. The first-order chi connectivity index (χ1) is 14.7. The third-order valence-corrected chi connectivity index (χ3v) is 6.26. The van der Waals surface area contributed by atoms with E-state index in [2.05, 4.69) is 5.32 Å². The molecule has 1 fully saturated rings. The summed E-state index contributed by atoms with van der Waals surface area (Å²) in [6.45, 7) is 0.524. The van der Waals surface area contributed by atoms with Crippen molar-refractivity contribution in [2.45, 2.75) is 32.2 Å². The Morgan fingerprint density at radius 2 is 1.71 bits per heavy atom. The minimum Gasteiger partial charge on any atom is -0.396 e. The third-order valence-electron chi connectivity index (χ3n) is 6.26. The van der Waals surface area contributed by atoms with Crippen molar-refractivity contribution < 1.29 is 27.2 Å². The van der Waals surface area contributed by atoms with Crippen LogP contribution in [0, 0.1) is 28.7 Å². The molecule has 1 spiro atoms. The Hall–Kier alpha value is -3.10. The summed E-state index contributed by atoms with van der Waals surface area (Å²) < 4.78 is 54.8. The second-order valence-electron chi connectivity index (χ2n) is 8.30. The van der Waals surface area contributed by atoms with Gasteiger partial charge in [0, 0.05) is 49.3 Å². The number of hydrogen-bond donors (Lipinski definition) is 2. The minimum absolute atomic E-state index is 0.0675. The van der Waals surface area contributed by atoms with Crippen LogP contribution >= 0.6 is 0 Å². The lowest BCUT2D eigenvalue weighted by Gasteiger charge is -2.44. The van der Waals surface area contributed by atoms with Gasteiger partial charge in [-0.05, 0) is 42.4 Å². The molecule has 0 bridgehead atoms. The van der Waals surface area contributed by atoms with Crippen LogP contribution in [-0.4, -0.2) is 29.8 Å². The van der Waals surface area contributed by atoms with Gasteiger partial charge < -0.3 is 16.0 Å². The number of piperidine rings is 1. The molecule has 31 heavy (non-hydrogen) atoms. The number of nitrogens with one attached hydrogen (secondary N) is 1. The van der Waals surface area contributed by atoms with Crippen LogP contribution in [0.15, 0.2) is 24.3 Å². The normalized spacial score (nSPS) is 17.5. The van der Waals surface area contributed by atoms with Gasteiger partial charge in [-0.2, -0.15) is 0 Å². The maximum Gasteiger partial charge on any atom is 0.317 e. The van der Waals surface area contributed by atoms with Crippen LogP contribution in [0.2, 0.25) is 0 Å². The van der Waals surface area contributed by atoms with E-state index in [1.165, 1.54) is 4.90 Å². The van der Waals surface area contributed by atoms with Gasteiger partial charge in [0.25, 0.3) is 0 Å². The standard InChI is InChI=1S/C22H21F4N3O2/c23-13-6-14-15(17(25)7-13)9-22(10-20(14)30)1-3-29(4-2-22)21(31)28-11-12-5-19(27)18(26)8-16(12)24/h5-8H,1-4,9-11,27H2,(H,28,31). The quantitative estimate of drug-likeness (QED) is 0.554. The van der Waals surface area contributed by atoms with E-state index in [0.717, 1.165) is 18.2 Å². The third kappa shape index (κ3) is 4.08. The lowest BCUT2D eigenvalue weighted by molar-refractivity contribution is 0.0729. The van der Waals surface area contributed by atoms with Gasteiger partial charge in [0.05, 0.1) is 5.69 Å². The second-order valence-corrected chi connectivity index (χ2v) is 8.30. The van der Waals surface area contributed by atoms with Crippen LogP contribution in [0.4, 0.5) is 28.0 Å². The summed E-state index contributed by atoms with van der Waals surface area (Å²) in [6, 6.07) is 3.25. The molecule has 0 radical (unpaired) electrons. The monoisotopic (exact) mass is 435 g/mol. The van der Waals surface area contributed by atoms with E-state index in [4.69, 9.17) is 5.73 Å². The maximum atomic E-state index is 14.3. The van der Waals surface area contributed by atoms with E-state index in [0.29, 0.717) is 38.4 Å². The van der Waals surface area contributed by atoms with Crippen molar-refractivity contribution in [3.05, 3.63) is 64.2 Å². The van der Waals surface area contributed by atoms with E-state index in [1.54, 1.807) is 0 Å². The maximum absolute atomic E-state index is 14.3. The number of nitrogens with two attached hydrogens (primary N) is 1. The van der Waals surface area contributed by atoms with Crippen LogP contribution < -0.4 is 11.1 Å². The Bertz CT molecular complexity index is 1070. The number of carbonyl (C=O) groups excluding carboxylic acids is 2. The van der Waals surface area contributed by atoms with Crippen LogP contribution in [0.1, 0.15) is 40.7 Å². The molecule has 2 amide bonds. The number of hydrogen-bond acceptors (Lipinski definition) is 3. The summed E-state index contributed by atoms with van der Waals surface area (Å²) in [7, 11) is 0. The predicted molar refractivity (Wildman–Crippen MR) is 105 cm³/mol. The molecule has 4 rings (SSSR count). The van der Waals surface area contributed by atoms with E-state index < -0.39 is 34.7 Å².